The Morgan fingerprint density at radius 1 is 1.25 bits per heavy atom. The lowest BCUT2D eigenvalue weighted by molar-refractivity contribution is 0.390. The molecule has 0 N–H and O–H groups in total. The lowest BCUT2D eigenvalue weighted by Gasteiger charge is -2.16. The van der Waals surface area contributed by atoms with Crippen molar-refractivity contribution in [3.63, 3.8) is 0 Å². The number of hydrogen-bond acceptors (Lipinski definition) is 2. The van der Waals surface area contributed by atoms with Crippen LogP contribution in [0.25, 0.3) is 0 Å². The van der Waals surface area contributed by atoms with Gasteiger partial charge in [0.1, 0.15) is 16.5 Å². The molecule has 0 heterocycles. The summed E-state index contributed by atoms with van der Waals surface area (Å²) in [5.41, 5.74) is 0.914. The maximum absolute atomic E-state index is 6.28. The first-order valence-corrected chi connectivity index (χ1v) is 6.01. The Labute approximate surface area is 106 Å². The third kappa shape index (κ3) is 2.74. The maximum Gasteiger partial charge on any atom is 0.145 e. The Balaban J connectivity index is 3.14. The van der Waals surface area contributed by atoms with Crippen LogP contribution in [0.4, 0.5) is 0 Å². The van der Waals surface area contributed by atoms with Crippen molar-refractivity contribution < 1.29 is 9.47 Å². The van der Waals surface area contributed by atoms with Gasteiger partial charge in [0.2, 0.25) is 0 Å². The molecule has 1 atom stereocenters. The molecule has 2 nitrogen and oxygen atoms in total. The van der Waals surface area contributed by atoms with Gasteiger partial charge in [-0.2, -0.15) is 0 Å². The molecule has 0 bridgehead atoms. The zero-order valence-electron chi connectivity index (χ0n) is 9.72. The summed E-state index contributed by atoms with van der Waals surface area (Å²) in [6, 6.07) is 3.71. The molecular weight excluding hydrogens is 247 g/mol. The largest absolute Gasteiger partial charge is 0.495 e. The van der Waals surface area contributed by atoms with Crippen molar-refractivity contribution in [1.29, 1.82) is 0 Å². The second-order valence-corrected chi connectivity index (χ2v) is 4.37. The van der Waals surface area contributed by atoms with Crippen LogP contribution in [0.1, 0.15) is 30.7 Å². The van der Waals surface area contributed by atoms with E-state index in [0.717, 1.165) is 18.4 Å². The van der Waals surface area contributed by atoms with Crippen molar-refractivity contribution in [3.8, 4) is 11.5 Å². The molecule has 1 aromatic rings. The van der Waals surface area contributed by atoms with Crippen LogP contribution in [0, 0.1) is 0 Å². The average Bonchev–Trinajstić information content (AvgIpc) is 2.28. The van der Waals surface area contributed by atoms with Gasteiger partial charge in [0.25, 0.3) is 0 Å². The molecule has 0 saturated heterocycles. The summed E-state index contributed by atoms with van der Waals surface area (Å²) in [5, 5.41) is 0.396. The van der Waals surface area contributed by atoms with Crippen molar-refractivity contribution in [3.05, 3.63) is 22.7 Å². The summed E-state index contributed by atoms with van der Waals surface area (Å²) in [7, 11) is 3.16. The number of hydrogen-bond donors (Lipinski definition) is 0. The maximum atomic E-state index is 6.28. The molecule has 0 aromatic heterocycles. The zero-order chi connectivity index (χ0) is 12.1. The van der Waals surface area contributed by atoms with Crippen LogP contribution in [-0.4, -0.2) is 14.2 Å². The highest BCUT2D eigenvalue weighted by molar-refractivity contribution is 6.34. The number of halogens is 2. The van der Waals surface area contributed by atoms with Gasteiger partial charge in [-0.1, -0.05) is 31.0 Å². The van der Waals surface area contributed by atoms with E-state index in [0.29, 0.717) is 16.5 Å². The summed E-state index contributed by atoms with van der Waals surface area (Å²) >= 11 is 12.4. The molecule has 0 aliphatic carbocycles. The Bertz CT molecular complexity index is 353. The average molecular weight is 263 g/mol. The van der Waals surface area contributed by atoms with Crippen LogP contribution in [0.15, 0.2) is 12.1 Å². The molecule has 16 heavy (non-hydrogen) atoms. The Morgan fingerprint density at radius 2 is 1.94 bits per heavy atom. The molecule has 0 fully saturated rings. The Kier molecular flexibility index (Phi) is 5.23. The van der Waals surface area contributed by atoms with Crippen LogP contribution in [0.2, 0.25) is 5.02 Å². The molecule has 1 unspecified atom stereocenters. The first kappa shape index (κ1) is 13.5. The molecule has 1 aromatic carbocycles. The van der Waals surface area contributed by atoms with Crippen molar-refractivity contribution in [1.82, 2.24) is 0 Å². The minimum absolute atomic E-state index is 0.0802. The van der Waals surface area contributed by atoms with E-state index < -0.39 is 0 Å². The third-order valence-electron chi connectivity index (χ3n) is 2.40. The van der Waals surface area contributed by atoms with E-state index in [1.807, 2.05) is 12.1 Å². The fourth-order valence-electron chi connectivity index (χ4n) is 1.57. The van der Waals surface area contributed by atoms with Gasteiger partial charge in [0.15, 0.2) is 0 Å². The van der Waals surface area contributed by atoms with Crippen molar-refractivity contribution in [2.45, 2.75) is 25.1 Å². The topological polar surface area (TPSA) is 18.5 Å². The van der Waals surface area contributed by atoms with E-state index in [-0.39, 0.29) is 5.38 Å². The monoisotopic (exact) mass is 262 g/mol. The number of alkyl halides is 1. The lowest BCUT2D eigenvalue weighted by Crippen LogP contribution is -1.98. The predicted molar refractivity (Wildman–Crippen MR) is 68.1 cm³/mol. The van der Waals surface area contributed by atoms with E-state index in [1.54, 1.807) is 14.2 Å². The lowest BCUT2D eigenvalue weighted by atomic mass is 10.1. The summed E-state index contributed by atoms with van der Waals surface area (Å²) in [4.78, 5) is 0. The second-order valence-electron chi connectivity index (χ2n) is 3.46. The van der Waals surface area contributed by atoms with Crippen LogP contribution in [0.3, 0.4) is 0 Å². The van der Waals surface area contributed by atoms with Crippen LogP contribution < -0.4 is 9.47 Å². The first-order valence-electron chi connectivity index (χ1n) is 5.20. The normalized spacial score (nSPS) is 12.3. The third-order valence-corrected chi connectivity index (χ3v) is 3.21. The van der Waals surface area contributed by atoms with Gasteiger partial charge in [0, 0.05) is 5.56 Å². The Morgan fingerprint density at radius 3 is 2.44 bits per heavy atom. The molecule has 0 spiro atoms. The van der Waals surface area contributed by atoms with E-state index in [2.05, 4.69) is 6.92 Å². The zero-order valence-corrected chi connectivity index (χ0v) is 11.2. The molecular formula is C12H16Cl2O2. The van der Waals surface area contributed by atoms with Crippen LogP contribution in [0.5, 0.6) is 11.5 Å². The van der Waals surface area contributed by atoms with E-state index in [4.69, 9.17) is 32.7 Å². The molecule has 0 aliphatic rings. The van der Waals surface area contributed by atoms with Crippen LogP contribution in [-0.2, 0) is 0 Å². The van der Waals surface area contributed by atoms with Gasteiger partial charge in [-0.15, -0.1) is 11.6 Å². The van der Waals surface area contributed by atoms with Gasteiger partial charge in [0.05, 0.1) is 19.6 Å². The minimum atomic E-state index is -0.0802. The highest BCUT2D eigenvalue weighted by Gasteiger charge is 2.18. The van der Waals surface area contributed by atoms with Gasteiger partial charge < -0.3 is 9.47 Å². The fourth-order valence-corrected chi connectivity index (χ4v) is 2.29. The summed E-state index contributed by atoms with van der Waals surface area (Å²) in [5.74, 6) is 1.21. The molecule has 0 aliphatic heterocycles. The molecule has 0 saturated carbocycles. The number of rotatable bonds is 5. The quantitative estimate of drug-likeness (QED) is 0.731. The highest BCUT2D eigenvalue weighted by atomic mass is 35.5. The summed E-state index contributed by atoms with van der Waals surface area (Å²) in [6.45, 7) is 2.09. The van der Waals surface area contributed by atoms with E-state index in [1.165, 1.54) is 0 Å². The number of ether oxygens (including phenoxy) is 2. The SMILES string of the molecule is CCCC(Cl)c1ccc(OC)c(Cl)c1OC. The van der Waals surface area contributed by atoms with Gasteiger partial charge in [-0.25, -0.2) is 0 Å². The van der Waals surface area contributed by atoms with Crippen molar-refractivity contribution in [2.24, 2.45) is 0 Å². The van der Waals surface area contributed by atoms with E-state index >= 15 is 0 Å². The fraction of sp³-hybridized carbons (Fsp3) is 0.500. The van der Waals surface area contributed by atoms with Gasteiger partial charge >= 0.3 is 0 Å². The van der Waals surface area contributed by atoms with Crippen molar-refractivity contribution in [2.75, 3.05) is 14.2 Å². The van der Waals surface area contributed by atoms with Crippen molar-refractivity contribution >= 4 is 23.2 Å². The molecule has 0 radical (unpaired) electrons. The standard InChI is InChI=1S/C12H16Cl2O2/c1-4-5-9(13)8-6-7-10(15-2)11(14)12(8)16-3/h6-7,9H,4-5H2,1-3H3. The smallest absolute Gasteiger partial charge is 0.145 e. The number of methoxy groups -OCH3 is 2. The summed E-state index contributed by atoms with van der Waals surface area (Å²) in [6.07, 6.45) is 1.90. The molecule has 1 rings (SSSR count). The summed E-state index contributed by atoms with van der Waals surface area (Å²) < 4.78 is 10.4. The molecule has 90 valence electrons. The van der Waals surface area contributed by atoms with E-state index in [9.17, 15) is 0 Å². The predicted octanol–water partition coefficient (Wildman–Crippen LogP) is 4.44. The Hall–Kier alpha value is -0.600. The highest BCUT2D eigenvalue weighted by Crippen LogP contribution is 2.42. The molecule has 0 amide bonds. The van der Waals surface area contributed by atoms with Crippen LogP contribution >= 0.6 is 23.2 Å². The van der Waals surface area contributed by atoms with Gasteiger partial charge in [-0.05, 0) is 12.5 Å². The first-order chi connectivity index (χ1) is 7.65. The van der Waals surface area contributed by atoms with Gasteiger partial charge in [-0.3, -0.25) is 0 Å². The minimum Gasteiger partial charge on any atom is -0.495 e. The number of benzene rings is 1. The molecule has 4 heteroatoms. The second kappa shape index (κ2) is 6.21.